The van der Waals surface area contributed by atoms with E-state index in [-0.39, 0.29) is 11.9 Å². The summed E-state index contributed by atoms with van der Waals surface area (Å²) in [6, 6.07) is 8.70. The zero-order chi connectivity index (χ0) is 13.1. The molecule has 94 valence electrons. The maximum Gasteiger partial charge on any atom is 0.128 e. The summed E-state index contributed by atoms with van der Waals surface area (Å²) in [4.78, 5) is 4.29. The topological polar surface area (TPSA) is 38.9 Å². The number of nitrogens with zero attached hydrogens (tertiary/aromatic N) is 1. The standard InChI is InChI=1S/C15H17FN2/c1-10-4-6-13(14(16)7-10)15(17)8-12-5-3-11(2)9-18-12/h3-7,9,15H,8,17H2,1-2H3. The third-order valence-corrected chi connectivity index (χ3v) is 2.96. The summed E-state index contributed by atoms with van der Waals surface area (Å²) in [6.07, 6.45) is 2.34. The predicted octanol–water partition coefficient (Wildman–Crippen LogP) is 3.08. The summed E-state index contributed by atoms with van der Waals surface area (Å²) in [6.45, 7) is 3.84. The summed E-state index contributed by atoms with van der Waals surface area (Å²) in [5.74, 6) is -0.241. The van der Waals surface area contributed by atoms with Crippen LogP contribution in [0.4, 0.5) is 4.39 Å². The highest BCUT2D eigenvalue weighted by atomic mass is 19.1. The highest BCUT2D eigenvalue weighted by Gasteiger charge is 2.12. The second-order valence-corrected chi connectivity index (χ2v) is 4.66. The van der Waals surface area contributed by atoms with Gasteiger partial charge in [-0.25, -0.2) is 4.39 Å². The van der Waals surface area contributed by atoms with Crippen molar-refractivity contribution in [2.45, 2.75) is 26.3 Å². The Morgan fingerprint density at radius 1 is 1.17 bits per heavy atom. The van der Waals surface area contributed by atoms with E-state index in [4.69, 9.17) is 5.73 Å². The minimum absolute atomic E-state index is 0.241. The zero-order valence-corrected chi connectivity index (χ0v) is 10.7. The van der Waals surface area contributed by atoms with Crippen LogP contribution in [0.25, 0.3) is 0 Å². The Hall–Kier alpha value is -1.74. The molecule has 0 saturated carbocycles. The number of halogens is 1. The Kier molecular flexibility index (Phi) is 3.72. The van der Waals surface area contributed by atoms with Crippen LogP contribution in [0, 0.1) is 19.7 Å². The van der Waals surface area contributed by atoms with Gasteiger partial charge in [-0.2, -0.15) is 0 Å². The molecule has 0 amide bonds. The van der Waals surface area contributed by atoms with E-state index in [9.17, 15) is 4.39 Å². The second-order valence-electron chi connectivity index (χ2n) is 4.66. The van der Waals surface area contributed by atoms with Gasteiger partial charge in [0.1, 0.15) is 5.82 Å². The number of pyridine rings is 1. The van der Waals surface area contributed by atoms with Crippen LogP contribution in [0.1, 0.15) is 28.4 Å². The number of hydrogen-bond donors (Lipinski definition) is 1. The molecule has 0 aliphatic rings. The highest BCUT2D eigenvalue weighted by Crippen LogP contribution is 2.19. The number of hydrogen-bond acceptors (Lipinski definition) is 2. The van der Waals surface area contributed by atoms with Crippen LogP contribution in [0.2, 0.25) is 0 Å². The number of aryl methyl sites for hydroxylation is 2. The van der Waals surface area contributed by atoms with Crippen molar-refractivity contribution in [3.8, 4) is 0 Å². The quantitative estimate of drug-likeness (QED) is 0.901. The van der Waals surface area contributed by atoms with Gasteiger partial charge in [0.05, 0.1) is 0 Å². The van der Waals surface area contributed by atoms with Gasteiger partial charge in [-0.1, -0.05) is 18.2 Å². The fourth-order valence-corrected chi connectivity index (χ4v) is 1.89. The van der Waals surface area contributed by atoms with E-state index in [0.29, 0.717) is 12.0 Å². The third kappa shape index (κ3) is 2.93. The molecular weight excluding hydrogens is 227 g/mol. The highest BCUT2D eigenvalue weighted by molar-refractivity contribution is 5.27. The monoisotopic (exact) mass is 244 g/mol. The normalized spacial score (nSPS) is 12.4. The average molecular weight is 244 g/mol. The maximum absolute atomic E-state index is 13.8. The Morgan fingerprint density at radius 2 is 1.89 bits per heavy atom. The summed E-state index contributed by atoms with van der Waals surface area (Å²) in [7, 11) is 0. The summed E-state index contributed by atoms with van der Waals surface area (Å²) < 4.78 is 13.8. The molecule has 2 aromatic rings. The first-order chi connectivity index (χ1) is 8.56. The van der Waals surface area contributed by atoms with Gasteiger partial charge in [0.25, 0.3) is 0 Å². The molecule has 1 aromatic heterocycles. The molecule has 2 rings (SSSR count). The predicted molar refractivity (Wildman–Crippen MR) is 70.7 cm³/mol. The zero-order valence-electron chi connectivity index (χ0n) is 10.7. The van der Waals surface area contributed by atoms with Crippen molar-refractivity contribution in [1.82, 2.24) is 4.98 Å². The van der Waals surface area contributed by atoms with Crippen LogP contribution in [-0.2, 0) is 6.42 Å². The largest absolute Gasteiger partial charge is 0.324 e. The lowest BCUT2D eigenvalue weighted by Crippen LogP contribution is -2.15. The van der Waals surface area contributed by atoms with Gasteiger partial charge in [0, 0.05) is 29.9 Å². The van der Waals surface area contributed by atoms with E-state index in [1.807, 2.05) is 32.0 Å². The molecule has 1 heterocycles. The molecule has 1 aromatic carbocycles. The average Bonchev–Trinajstić information content (AvgIpc) is 2.32. The molecule has 0 saturated heterocycles. The van der Waals surface area contributed by atoms with Gasteiger partial charge in [0.15, 0.2) is 0 Å². The van der Waals surface area contributed by atoms with Gasteiger partial charge in [-0.15, -0.1) is 0 Å². The Balaban J connectivity index is 2.16. The van der Waals surface area contributed by atoms with Gasteiger partial charge in [-0.05, 0) is 37.1 Å². The van der Waals surface area contributed by atoms with E-state index in [1.165, 1.54) is 6.07 Å². The van der Waals surface area contributed by atoms with E-state index in [2.05, 4.69) is 4.98 Å². The van der Waals surface area contributed by atoms with Crippen molar-refractivity contribution in [2.75, 3.05) is 0 Å². The Labute approximate surface area is 107 Å². The van der Waals surface area contributed by atoms with E-state index in [0.717, 1.165) is 16.8 Å². The van der Waals surface area contributed by atoms with Crippen LogP contribution in [0.5, 0.6) is 0 Å². The second kappa shape index (κ2) is 5.27. The first kappa shape index (κ1) is 12.7. The molecule has 2 N–H and O–H groups in total. The molecular formula is C15H17FN2. The summed E-state index contributed by atoms with van der Waals surface area (Å²) >= 11 is 0. The fraction of sp³-hybridized carbons (Fsp3) is 0.267. The first-order valence-electron chi connectivity index (χ1n) is 5.99. The van der Waals surface area contributed by atoms with Gasteiger partial charge < -0.3 is 5.73 Å². The van der Waals surface area contributed by atoms with Gasteiger partial charge >= 0.3 is 0 Å². The number of rotatable bonds is 3. The maximum atomic E-state index is 13.8. The molecule has 1 atom stereocenters. The number of nitrogens with two attached hydrogens (primary N) is 1. The lowest BCUT2D eigenvalue weighted by molar-refractivity contribution is 0.577. The van der Waals surface area contributed by atoms with Crippen molar-refractivity contribution in [3.63, 3.8) is 0 Å². The molecule has 18 heavy (non-hydrogen) atoms. The minimum atomic E-state index is -0.360. The molecule has 0 aliphatic carbocycles. The lowest BCUT2D eigenvalue weighted by Gasteiger charge is -2.13. The Morgan fingerprint density at radius 3 is 2.50 bits per heavy atom. The van der Waals surface area contributed by atoms with Gasteiger partial charge in [-0.3, -0.25) is 4.98 Å². The van der Waals surface area contributed by atoms with Crippen LogP contribution in [-0.4, -0.2) is 4.98 Å². The number of aromatic nitrogens is 1. The molecule has 0 spiro atoms. The molecule has 0 aliphatic heterocycles. The molecule has 0 fully saturated rings. The first-order valence-corrected chi connectivity index (χ1v) is 5.99. The Bertz CT molecular complexity index is 535. The summed E-state index contributed by atoms with van der Waals surface area (Å²) in [5, 5.41) is 0. The molecule has 0 radical (unpaired) electrons. The van der Waals surface area contributed by atoms with Crippen molar-refractivity contribution >= 4 is 0 Å². The van der Waals surface area contributed by atoms with E-state index >= 15 is 0 Å². The van der Waals surface area contributed by atoms with Crippen LogP contribution >= 0.6 is 0 Å². The molecule has 3 heteroatoms. The summed E-state index contributed by atoms with van der Waals surface area (Å²) in [5.41, 5.74) is 9.47. The van der Waals surface area contributed by atoms with Crippen molar-refractivity contribution in [1.29, 1.82) is 0 Å². The van der Waals surface area contributed by atoms with E-state index < -0.39 is 0 Å². The SMILES string of the molecule is Cc1ccc(CC(N)c2ccc(C)cc2F)nc1. The fourth-order valence-electron chi connectivity index (χ4n) is 1.89. The van der Waals surface area contributed by atoms with E-state index in [1.54, 1.807) is 12.3 Å². The molecule has 0 bridgehead atoms. The lowest BCUT2D eigenvalue weighted by atomic mass is 10.0. The smallest absolute Gasteiger partial charge is 0.128 e. The van der Waals surface area contributed by atoms with Crippen molar-refractivity contribution in [2.24, 2.45) is 5.73 Å². The minimum Gasteiger partial charge on any atom is -0.324 e. The van der Waals surface area contributed by atoms with Crippen molar-refractivity contribution < 1.29 is 4.39 Å². The van der Waals surface area contributed by atoms with Crippen molar-refractivity contribution in [3.05, 3.63) is 64.7 Å². The van der Waals surface area contributed by atoms with Crippen LogP contribution < -0.4 is 5.73 Å². The van der Waals surface area contributed by atoms with Gasteiger partial charge in [0.2, 0.25) is 0 Å². The number of benzene rings is 1. The molecule has 2 nitrogen and oxygen atoms in total. The van der Waals surface area contributed by atoms with Crippen LogP contribution in [0.15, 0.2) is 36.5 Å². The third-order valence-electron chi connectivity index (χ3n) is 2.96. The van der Waals surface area contributed by atoms with Crippen LogP contribution in [0.3, 0.4) is 0 Å². The molecule has 1 unspecified atom stereocenters.